The van der Waals surface area contributed by atoms with Crippen molar-refractivity contribution in [1.29, 1.82) is 0 Å². The molecule has 1 aromatic heterocycles. The first kappa shape index (κ1) is 17.3. The zero-order chi connectivity index (χ0) is 17.2. The summed E-state index contributed by atoms with van der Waals surface area (Å²) in [4.78, 5) is 0.199. The van der Waals surface area contributed by atoms with E-state index < -0.39 is 10.0 Å². The molecule has 0 atom stereocenters. The molecule has 0 amide bonds. The van der Waals surface area contributed by atoms with Crippen molar-refractivity contribution in [2.75, 3.05) is 26.5 Å². The van der Waals surface area contributed by atoms with E-state index in [1.54, 1.807) is 12.1 Å². The molecule has 0 spiro atoms. The second kappa shape index (κ2) is 6.59. The fourth-order valence-electron chi connectivity index (χ4n) is 2.13. The average molecular weight is 339 g/mol. The summed E-state index contributed by atoms with van der Waals surface area (Å²) in [5.74, 6) is 1.29. The van der Waals surface area contributed by atoms with Gasteiger partial charge in [0.1, 0.15) is 11.5 Å². The Hall–Kier alpha value is -2.06. The van der Waals surface area contributed by atoms with Gasteiger partial charge in [-0.2, -0.15) is 0 Å². The highest BCUT2D eigenvalue weighted by Crippen LogP contribution is 2.29. The number of anilines is 1. The zero-order valence-corrected chi connectivity index (χ0v) is 14.7. The number of rotatable bonds is 6. The first-order chi connectivity index (χ1) is 10.8. The first-order valence-electron chi connectivity index (χ1n) is 7.03. The van der Waals surface area contributed by atoms with Crippen LogP contribution < -0.4 is 10.1 Å². The van der Waals surface area contributed by atoms with E-state index in [0.29, 0.717) is 18.0 Å². The first-order valence-corrected chi connectivity index (χ1v) is 8.47. The van der Waals surface area contributed by atoms with Gasteiger partial charge in [-0.05, 0) is 32.0 Å². The molecule has 1 heterocycles. The largest absolute Gasteiger partial charge is 0.495 e. The Labute approximate surface area is 136 Å². The molecule has 8 heteroatoms. The quantitative estimate of drug-likeness (QED) is 0.868. The molecular weight excluding hydrogens is 318 g/mol. The van der Waals surface area contributed by atoms with E-state index in [-0.39, 0.29) is 4.90 Å². The Balaban J connectivity index is 2.33. The van der Waals surface area contributed by atoms with Crippen molar-refractivity contribution in [2.45, 2.75) is 25.3 Å². The number of hydrogen-bond acceptors (Lipinski definition) is 6. The summed E-state index contributed by atoms with van der Waals surface area (Å²) < 4.78 is 36.1. The van der Waals surface area contributed by atoms with Crippen LogP contribution in [-0.4, -0.2) is 39.1 Å². The van der Waals surface area contributed by atoms with E-state index in [2.05, 4.69) is 10.5 Å². The summed E-state index contributed by atoms with van der Waals surface area (Å²) in [6, 6.07) is 4.72. The summed E-state index contributed by atoms with van der Waals surface area (Å²) in [6.07, 6.45) is 0. The molecule has 1 aromatic carbocycles. The molecule has 0 saturated heterocycles. The fraction of sp³-hybridized carbons (Fsp3) is 0.400. The molecule has 2 rings (SSSR count). The van der Waals surface area contributed by atoms with Crippen molar-refractivity contribution in [3.63, 3.8) is 0 Å². The van der Waals surface area contributed by atoms with Crippen molar-refractivity contribution < 1.29 is 17.7 Å². The zero-order valence-electron chi connectivity index (χ0n) is 13.9. The van der Waals surface area contributed by atoms with E-state index in [0.717, 1.165) is 17.0 Å². The minimum atomic E-state index is -3.51. The molecular formula is C15H21N3O4S. The molecule has 0 aliphatic heterocycles. The third kappa shape index (κ3) is 3.48. The van der Waals surface area contributed by atoms with Crippen LogP contribution in [-0.2, 0) is 16.6 Å². The Morgan fingerprint density at radius 3 is 2.52 bits per heavy atom. The molecule has 0 bridgehead atoms. The minimum Gasteiger partial charge on any atom is -0.495 e. The van der Waals surface area contributed by atoms with Crippen LogP contribution >= 0.6 is 0 Å². The number of methoxy groups -OCH3 is 1. The molecule has 2 aromatic rings. The standard InChI is InChI=1S/C15H21N3O4S/c1-10-13(11(2)22-17-10)9-16-14-8-12(6-7-15(14)21-5)23(19,20)18(3)4/h6-8,16H,9H2,1-5H3. The molecule has 7 nitrogen and oxygen atoms in total. The summed E-state index contributed by atoms with van der Waals surface area (Å²) in [5, 5.41) is 7.09. The second-order valence-electron chi connectivity index (χ2n) is 5.31. The normalized spacial score (nSPS) is 11.7. The predicted octanol–water partition coefficient (Wildman–Crippen LogP) is 2.16. The lowest BCUT2D eigenvalue weighted by Gasteiger charge is -2.15. The summed E-state index contributed by atoms with van der Waals surface area (Å²) >= 11 is 0. The van der Waals surface area contributed by atoms with E-state index in [4.69, 9.17) is 9.26 Å². The van der Waals surface area contributed by atoms with Crippen molar-refractivity contribution >= 4 is 15.7 Å². The number of ether oxygens (including phenoxy) is 1. The Morgan fingerprint density at radius 2 is 2.00 bits per heavy atom. The Morgan fingerprint density at radius 1 is 1.30 bits per heavy atom. The van der Waals surface area contributed by atoms with Crippen LogP contribution in [0.4, 0.5) is 5.69 Å². The number of aryl methyl sites for hydroxylation is 2. The van der Waals surface area contributed by atoms with E-state index in [9.17, 15) is 8.42 Å². The van der Waals surface area contributed by atoms with E-state index in [1.807, 2.05) is 13.8 Å². The molecule has 23 heavy (non-hydrogen) atoms. The highest BCUT2D eigenvalue weighted by atomic mass is 32.2. The van der Waals surface area contributed by atoms with Crippen LogP contribution in [0.25, 0.3) is 0 Å². The molecule has 0 unspecified atom stereocenters. The summed E-state index contributed by atoms with van der Waals surface area (Å²) in [5.41, 5.74) is 2.33. The third-order valence-electron chi connectivity index (χ3n) is 3.59. The van der Waals surface area contributed by atoms with Gasteiger partial charge < -0.3 is 14.6 Å². The molecule has 0 aliphatic carbocycles. The van der Waals surface area contributed by atoms with Gasteiger partial charge in [-0.3, -0.25) is 0 Å². The van der Waals surface area contributed by atoms with Crippen LogP contribution in [0.3, 0.4) is 0 Å². The lowest BCUT2D eigenvalue weighted by atomic mass is 10.2. The average Bonchev–Trinajstić information content (AvgIpc) is 2.83. The number of aromatic nitrogens is 1. The van der Waals surface area contributed by atoms with E-state index >= 15 is 0 Å². The Bertz CT molecular complexity index is 778. The van der Waals surface area contributed by atoms with Crippen molar-refractivity contribution in [2.24, 2.45) is 0 Å². The van der Waals surface area contributed by atoms with Crippen molar-refractivity contribution in [3.05, 3.63) is 35.2 Å². The van der Waals surface area contributed by atoms with Crippen LogP contribution in [0.1, 0.15) is 17.0 Å². The Kier molecular flexibility index (Phi) is 4.96. The van der Waals surface area contributed by atoms with Crippen LogP contribution in [0, 0.1) is 13.8 Å². The lowest BCUT2D eigenvalue weighted by Crippen LogP contribution is -2.22. The molecule has 0 saturated carbocycles. The second-order valence-corrected chi connectivity index (χ2v) is 7.46. The van der Waals surface area contributed by atoms with E-state index in [1.165, 1.54) is 31.6 Å². The number of nitrogens with zero attached hydrogens (tertiary/aromatic N) is 2. The monoisotopic (exact) mass is 339 g/mol. The summed E-state index contributed by atoms with van der Waals surface area (Å²) in [6.45, 7) is 4.15. The van der Waals surface area contributed by atoms with Gasteiger partial charge >= 0.3 is 0 Å². The summed E-state index contributed by atoms with van der Waals surface area (Å²) in [7, 11) is 1.03. The van der Waals surface area contributed by atoms with Crippen LogP contribution in [0.5, 0.6) is 5.75 Å². The van der Waals surface area contributed by atoms with Gasteiger partial charge in [-0.25, -0.2) is 12.7 Å². The maximum atomic E-state index is 12.3. The van der Waals surface area contributed by atoms with Crippen LogP contribution in [0.15, 0.2) is 27.6 Å². The SMILES string of the molecule is COc1ccc(S(=O)(=O)N(C)C)cc1NCc1c(C)noc1C. The van der Waals surface area contributed by atoms with Gasteiger partial charge in [0.2, 0.25) is 10.0 Å². The number of sulfonamides is 1. The maximum Gasteiger partial charge on any atom is 0.242 e. The molecule has 0 fully saturated rings. The van der Waals surface area contributed by atoms with Gasteiger partial charge in [-0.1, -0.05) is 5.16 Å². The van der Waals surface area contributed by atoms with Gasteiger partial charge in [-0.15, -0.1) is 0 Å². The smallest absolute Gasteiger partial charge is 0.242 e. The van der Waals surface area contributed by atoms with Gasteiger partial charge in [0.25, 0.3) is 0 Å². The molecule has 0 radical (unpaired) electrons. The number of nitrogens with one attached hydrogen (secondary N) is 1. The van der Waals surface area contributed by atoms with Crippen molar-refractivity contribution in [1.82, 2.24) is 9.46 Å². The van der Waals surface area contributed by atoms with Crippen LogP contribution in [0.2, 0.25) is 0 Å². The molecule has 1 N–H and O–H groups in total. The van der Waals surface area contributed by atoms with Gasteiger partial charge in [0.15, 0.2) is 0 Å². The highest BCUT2D eigenvalue weighted by molar-refractivity contribution is 7.89. The van der Waals surface area contributed by atoms with Crippen molar-refractivity contribution in [3.8, 4) is 5.75 Å². The lowest BCUT2D eigenvalue weighted by molar-refractivity contribution is 0.392. The highest BCUT2D eigenvalue weighted by Gasteiger charge is 2.19. The topological polar surface area (TPSA) is 84.7 Å². The molecule has 126 valence electrons. The number of benzene rings is 1. The fourth-order valence-corrected chi connectivity index (χ4v) is 3.06. The predicted molar refractivity (Wildman–Crippen MR) is 87.2 cm³/mol. The maximum absolute atomic E-state index is 12.3. The third-order valence-corrected chi connectivity index (χ3v) is 5.40. The van der Waals surface area contributed by atoms with Gasteiger partial charge in [0.05, 0.1) is 23.4 Å². The number of hydrogen-bond donors (Lipinski definition) is 1. The van der Waals surface area contributed by atoms with Gasteiger partial charge in [0, 0.05) is 26.2 Å². The minimum absolute atomic E-state index is 0.199. The molecule has 0 aliphatic rings.